The summed E-state index contributed by atoms with van der Waals surface area (Å²) in [5.74, 6) is 1.39. The number of rotatable bonds is 8. The van der Waals surface area contributed by atoms with Crippen molar-refractivity contribution in [1.29, 1.82) is 0 Å². The molecule has 4 aliphatic carbocycles. The zero-order chi connectivity index (χ0) is 38.2. The zero-order valence-electron chi connectivity index (χ0n) is 32.5. The van der Waals surface area contributed by atoms with Crippen molar-refractivity contribution in [3.63, 3.8) is 0 Å². The molecule has 6 N–H and O–H groups in total. The van der Waals surface area contributed by atoms with Gasteiger partial charge in [-0.15, -0.1) is 0 Å². The van der Waals surface area contributed by atoms with Crippen molar-refractivity contribution >= 4 is 0 Å². The van der Waals surface area contributed by atoms with Gasteiger partial charge in [-0.1, -0.05) is 26.0 Å². The smallest absolute Gasteiger partial charge is 0.186 e. The molecular weight excluding hydrogens is 688 g/mol. The highest BCUT2D eigenvalue weighted by molar-refractivity contribution is 5.21. The number of aliphatic hydroxyl groups is 6. The van der Waals surface area contributed by atoms with Crippen LogP contribution in [-0.4, -0.2) is 135 Å². The summed E-state index contributed by atoms with van der Waals surface area (Å²) in [5, 5.41) is 65.0. The second-order valence-corrected chi connectivity index (χ2v) is 18.1. The minimum Gasteiger partial charge on any atom is -0.388 e. The predicted molar refractivity (Wildman–Crippen MR) is 190 cm³/mol. The van der Waals surface area contributed by atoms with Crippen LogP contribution in [0.4, 0.5) is 0 Å². The van der Waals surface area contributed by atoms with E-state index in [4.69, 9.17) is 33.2 Å². The van der Waals surface area contributed by atoms with E-state index >= 15 is 0 Å². The van der Waals surface area contributed by atoms with Gasteiger partial charge in [0.1, 0.15) is 30.5 Å². The van der Waals surface area contributed by atoms with Crippen LogP contribution in [0.15, 0.2) is 12.2 Å². The van der Waals surface area contributed by atoms with Gasteiger partial charge in [0.25, 0.3) is 0 Å². The molecule has 22 atom stereocenters. The Balaban J connectivity index is 0.991. The lowest BCUT2D eigenvalue weighted by Gasteiger charge is -2.60. The fourth-order valence-electron chi connectivity index (χ4n) is 11.8. The van der Waals surface area contributed by atoms with Crippen molar-refractivity contribution in [1.82, 2.24) is 0 Å². The first-order chi connectivity index (χ1) is 25.0. The van der Waals surface area contributed by atoms with Crippen LogP contribution in [0.25, 0.3) is 0 Å². The minimum atomic E-state index is -1.31. The van der Waals surface area contributed by atoms with Gasteiger partial charge in [0.2, 0.25) is 0 Å². The molecule has 0 bridgehead atoms. The first-order valence-electron chi connectivity index (χ1n) is 20.3. The van der Waals surface area contributed by atoms with E-state index in [1.807, 2.05) is 6.92 Å². The lowest BCUT2D eigenvalue weighted by atomic mass is 9.46. The van der Waals surface area contributed by atoms with Gasteiger partial charge < -0.3 is 63.8 Å². The molecule has 304 valence electrons. The third kappa shape index (κ3) is 6.99. The summed E-state index contributed by atoms with van der Waals surface area (Å²) in [6, 6.07) is 0. The van der Waals surface area contributed by atoms with Crippen LogP contribution in [0.3, 0.4) is 0 Å². The van der Waals surface area contributed by atoms with Gasteiger partial charge in [-0.3, -0.25) is 0 Å². The Morgan fingerprint density at radius 3 is 2.04 bits per heavy atom. The molecule has 0 spiro atoms. The van der Waals surface area contributed by atoms with E-state index in [1.54, 1.807) is 27.9 Å². The van der Waals surface area contributed by atoms with E-state index in [1.165, 1.54) is 0 Å². The van der Waals surface area contributed by atoms with Gasteiger partial charge in [0.15, 0.2) is 18.9 Å². The topological polar surface area (TPSA) is 186 Å². The Hall–Kier alpha value is -0.780. The van der Waals surface area contributed by atoms with Crippen LogP contribution in [0.5, 0.6) is 0 Å². The highest BCUT2D eigenvalue weighted by Gasteiger charge is 2.66. The average molecular weight is 755 g/mol. The Morgan fingerprint density at radius 1 is 0.679 bits per heavy atom. The average Bonchev–Trinajstić information content (AvgIpc) is 3.41. The van der Waals surface area contributed by atoms with E-state index in [9.17, 15) is 30.6 Å². The van der Waals surface area contributed by atoms with E-state index in [2.05, 4.69) is 26.0 Å². The van der Waals surface area contributed by atoms with E-state index in [-0.39, 0.29) is 23.4 Å². The van der Waals surface area contributed by atoms with Crippen LogP contribution in [-0.2, 0) is 33.2 Å². The lowest BCUT2D eigenvalue weighted by molar-refractivity contribution is -0.321. The number of hydrogen-bond acceptors (Lipinski definition) is 13. The molecule has 0 aromatic heterocycles. The fourth-order valence-corrected chi connectivity index (χ4v) is 11.8. The van der Waals surface area contributed by atoms with Gasteiger partial charge >= 0.3 is 0 Å². The molecule has 3 aliphatic heterocycles. The third-order valence-corrected chi connectivity index (χ3v) is 15.4. The molecule has 13 nitrogen and oxygen atoms in total. The number of aliphatic hydroxyl groups excluding tert-OH is 5. The molecule has 7 aliphatic rings. The Labute approximate surface area is 314 Å². The monoisotopic (exact) mass is 754 g/mol. The summed E-state index contributed by atoms with van der Waals surface area (Å²) in [6.07, 6.45) is 0.228. The Kier molecular flexibility index (Phi) is 11.6. The van der Waals surface area contributed by atoms with Gasteiger partial charge in [-0.25, -0.2) is 0 Å². The second kappa shape index (κ2) is 15.2. The number of fused-ring (bicyclic) bond motifs is 5. The molecule has 0 aromatic carbocycles. The molecule has 3 saturated carbocycles. The van der Waals surface area contributed by atoms with Gasteiger partial charge in [0.05, 0.1) is 48.3 Å². The maximum Gasteiger partial charge on any atom is 0.186 e. The second-order valence-electron chi connectivity index (χ2n) is 18.1. The van der Waals surface area contributed by atoms with Gasteiger partial charge in [-0.05, 0) is 102 Å². The van der Waals surface area contributed by atoms with Crippen LogP contribution in [0, 0.1) is 34.5 Å². The highest BCUT2D eigenvalue weighted by atomic mass is 16.7. The quantitative estimate of drug-likeness (QED) is 0.199. The van der Waals surface area contributed by atoms with Crippen molar-refractivity contribution in [3.8, 4) is 0 Å². The largest absolute Gasteiger partial charge is 0.388 e. The number of methoxy groups -OCH3 is 1. The lowest BCUT2D eigenvalue weighted by Crippen LogP contribution is -2.60. The van der Waals surface area contributed by atoms with E-state index < -0.39 is 91.6 Å². The van der Waals surface area contributed by atoms with E-state index in [0.29, 0.717) is 36.5 Å². The minimum absolute atomic E-state index is 0.0710. The van der Waals surface area contributed by atoms with Crippen molar-refractivity contribution in [2.75, 3.05) is 7.11 Å². The van der Waals surface area contributed by atoms with Crippen molar-refractivity contribution in [2.24, 2.45) is 34.5 Å². The molecule has 0 radical (unpaired) electrons. The van der Waals surface area contributed by atoms with Crippen molar-refractivity contribution < 1.29 is 63.8 Å². The summed E-state index contributed by atoms with van der Waals surface area (Å²) in [4.78, 5) is 0. The normalized spacial score (nSPS) is 56.2. The molecule has 0 amide bonds. The van der Waals surface area contributed by atoms with Crippen LogP contribution < -0.4 is 0 Å². The third-order valence-electron chi connectivity index (χ3n) is 15.4. The summed E-state index contributed by atoms with van der Waals surface area (Å²) < 4.78 is 42.4. The Morgan fingerprint density at radius 2 is 1.32 bits per heavy atom. The SMILES string of the molecule is CO[C@@H]1C[C@H](O[C@@H]2C[C@H](O[C@H](C)[C@@]3(O)CC[C@H]4[C@@H]5C=C[C@H]6C[C@@H](O[C@@H]7O[C@H](C)[C@H](O)[C@H](O)[C@H]7O)CC[C@]6(C)[C@H]5CC[C@@]43C)O[C@H](C)[C@H]2O)O[C@H](C)[C@@H]1O. The summed E-state index contributed by atoms with van der Waals surface area (Å²) in [5.41, 5.74) is -1.37. The molecule has 53 heavy (non-hydrogen) atoms. The van der Waals surface area contributed by atoms with Crippen molar-refractivity contribution in [2.45, 2.75) is 197 Å². The van der Waals surface area contributed by atoms with Crippen LogP contribution >= 0.6 is 0 Å². The summed E-state index contributed by atoms with van der Waals surface area (Å²) in [6.45, 7) is 11.9. The predicted octanol–water partition coefficient (Wildman–Crippen LogP) is 2.55. The highest BCUT2D eigenvalue weighted by Crippen LogP contribution is 2.67. The summed E-state index contributed by atoms with van der Waals surface area (Å²) >= 11 is 0. The number of ether oxygens (including phenoxy) is 7. The standard InChI is InChI=1S/C40H66O13/c1-19-32(41)28(47-7)17-31(49-19)53-29-18-30(48-20(2)33(29)42)51-22(4)40(46)15-12-27-25-9-8-23-16-24(52-37-36(45)35(44)34(43)21(3)50-37)10-13-38(23,5)26(25)11-14-39(27,40)6/h8-9,19-37,41-46H,10-18H2,1-7H3/t19-,20-,21-,22-,23+,24+,25-,26+,27+,28-,29-,30+,31+,32+,33-,34+,35+,36-,37+,38+,39+,40+/m1/s1. The molecule has 3 saturated heterocycles. The Bertz CT molecular complexity index is 1300. The number of allylic oxidation sites excluding steroid dienone is 2. The number of hydrogen-bond donors (Lipinski definition) is 6. The molecule has 0 unspecified atom stereocenters. The molecule has 6 fully saturated rings. The van der Waals surface area contributed by atoms with Gasteiger partial charge in [-0.2, -0.15) is 0 Å². The molecule has 0 aromatic rings. The van der Waals surface area contributed by atoms with Crippen LogP contribution in [0.2, 0.25) is 0 Å². The fraction of sp³-hybridized carbons (Fsp3) is 0.950. The van der Waals surface area contributed by atoms with Crippen LogP contribution in [0.1, 0.15) is 99.3 Å². The van der Waals surface area contributed by atoms with E-state index in [0.717, 1.165) is 38.5 Å². The zero-order valence-corrected chi connectivity index (χ0v) is 32.5. The summed E-state index contributed by atoms with van der Waals surface area (Å²) in [7, 11) is 1.55. The first kappa shape index (κ1) is 40.4. The van der Waals surface area contributed by atoms with Gasteiger partial charge in [0, 0.05) is 25.4 Å². The molecular formula is C40H66O13. The maximum absolute atomic E-state index is 12.6. The van der Waals surface area contributed by atoms with Crippen molar-refractivity contribution in [3.05, 3.63) is 12.2 Å². The molecule has 13 heteroatoms. The first-order valence-corrected chi connectivity index (χ1v) is 20.3. The molecule has 7 rings (SSSR count). The maximum atomic E-state index is 12.6. The molecule has 3 heterocycles.